The number of imide groups is 1. The molecular weight excluding hydrogens is 412 g/mol. The van der Waals surface area contributed by atoms with Gasteiger partial charge in [-0.1, -0.05) is 30.7 Å². The Morgan fingerprint density at radius 3 is 2.32 bits per heavy atom. The Hall–Kier alpha value is -2.79. The van der Waals surface area contributed by atoms with Crippen LogP contribution >= 0.6 is 11.6 Å². The molecule has 0 atom stereocenters. The molecule has 6 heteroatoms. The van der Waals surface area contributed by atoms with E-state index in [1.807, 2.05) is 38.1 Å². The van der Waals surface area contributed by atoms with Gasteiger partial charge in [0.2, 0.25) is 0 Å². The molecule has 5 nitrogen and oxygen atoms in total. The van der Waals surface area contributed by atoms with Gasteiger partial charge in [0.1, 0.15) is 11.4 Å². The fourth-order valence-electron chi connectivity index (χ4n) is 4.28. The first-order valence-electron chi connectivity index (χ1n) is 10.8. The Labute approximate surface area is 188 Å². The quantitative estimate of drug-likeness (QED) is 0.612. The predicted molar refractivity (Wildman–Crippen MR) is 123 cm³/mol. The number of halogens is 1. The van der Waals surface area contributed by atoms with Crippen LogP contribution in [-0.2, 0) is 9.59 Å². The van der Waals surface area contributed by atoms with Gasteiger partial charge in [-0.2, -0.15) is 0 Å². The van der Waals surface area contributed by atoms with Gasteiger partial charge in [-0.05, 0) is 74.1 Å². The number of carbonyl (C=O) groups excluding carboxylic acids is 2. The van der Waals surface area contributed by atoms with Crippen LogP contribution < -0.4 is 9.64 Å². The molecule has 0 aliphatic carbocycles. The van der Waals surface area contributed by atoms with Gasteiger partial charge in [0.25, 0.3) is 11.8 Å². The number of benzene rings is 2. The monoisotopic (exact) mass is 438 g/mol. The molecule has 0 N–H and O–H groups in total. The van der Waals surface area contributed by atoms with Gasteiger partial charge in [-0.25, -0.2) is 4.90 Å². The number of amides is 2. The number of likely N-dealkylation sites (tertiary alicyclic amines) is 1. The van der Waals surface area contributed by atoms with Gasteiger partial charge in [-0.15, -0.1) is 0 Å². The molecule has 4 rings (SSSR count). The molecule has 1 fully saturated rings. The number of carbonyl (C=O) groups is 2. The van der Waals surface area contributed by atoms with Crippen molar-refractivity contribution in [2.24, 2.45) is 5.92 Å². The zero-order valence-electron chi connectivity index (χ0n) is 18.2. The second-order valence-electron chi connectivity index (χ2n) is 8.23. The van der Waals surface area contributed by atoms with Crippen LogP contribution in [0, 0.1) is 12.8 Å². The number of rotatable bonds is 5. The summed E-state index contributed by atoms with van der Waals surface area (Å²) in [6.45, 7) is 8.12. The smallest absolute Gasteiger partial charge is 0.282 e. The maximum Gasteiger partial charge on any atom is 0.282 e. The molecule has 0 aromatic heterocycles. The Kier molecular flexibility index (Phi) is 6.05. The second kappa shape index (κ2) is 8.75. The molecule has 2 aliphatic heterocycles. The summed E-state index contributed by atoms with van der Waals surface area (Å²) in [7, 11) is 0. The molecule has 2 aromatic carbocycles. The number of nitrogens with zero attached hydrogens (tertiary/aromatic N) is 2. The number of ether oxygens (including phenoxy) is 1. The maximum atomic E-state index is 13.6. The minimum Gasteiger partial charge on any atom is -0.494 e. The molecule has 1 saturated heterocycles. The van der Waals surface area contributed by atoms with Crippen molar-refractivity contribution in [3.8, 4) is 5.75 Å². The minimum atomic E-state index is -0.298. The molecular formula is C25H27ClN2O3. The largest absolute Gasteiger partial charge is 0.494 e. The number of hydrogen-bond donors (Lipinski definition) is 0. The summed E-state index contributed by atoms with van der Waals surface area (Å²) in [4.78, 5) is 30.7. The summed E-state index contributed by atoms with van der Waals surface area (Å²) in [5.41, 5.74) is 3.04. The molecule has 31 heavy (non-hydrogen) atoms. The summed E-state index contributed by atoms with van der Waals surface area (Å²) < 4.78 is 5.54. The molecule has 0 bridgehead atoms. The summed E-state index contributed by atoms with van der Waals surface area (Å²) in [6.07, 6.45) is 2.00. The van der Waals surface area contributed by atoms with Gasteiger partial charge in [0.05, 0.1) is 17.9 Å². The lowest BCUT2D eigenvalue weighted by Gasteiger charge is -2.32. The predicted octanol–water partition coefficient (Wildman–Crippen LogP) is 5.06. The van der Waals surface area contributed by atoms with Crippen molar-refractivity contribution < 1.29 is 14.3 Å². The van der Waals surface area contributed by atoms with Gasteiger partial charge < -0.3 is 9.64 Å². The van der Waals surface area contributed by atoms with Crippen molar-refractivity contribution in [3.05, 3.63) is 64.3 Å². The van der Waals surface area contributed by atoms with E-state index in [4.69, 9.17) is 16.3 Å². The Morgan fingerprint density at radius 2 is 1.71 bits per heavy atom. The van der Waals surface area contributed by atoms with Crippen LogP contribution in [-0.4, -0.2) is 36.4 Å². The van der Waals surface area contributed by atoms with E-state index >= 15 is 0 Å². The van der Waals surface area contributed by atoms with Crippen molar-refractivity contribution in [2.45, 2.75) is 33.6 Å². The van der Waals surface area contributed by atoms with Crippen LogP contribution in [0.2, 0.25) is 5.02 Å². The topological polar surface area (TPSA) is 49.9 Å². The Bertz CT molecular complexity index is 1040. The first-order chi connectivity index (χ1) is 14.9. The highest BCUT2D eigenvalue weighted by molar-refractivity contribution is 6.45. The summed E-state index contributed by atoms with van der Waals surface area (Å²) in [5, 5.41) is 0.574. The maximum absolute atomic E-state index is 13.6. The normalized spacial score (nSPS) is 17.7. The molecule has 2 amide bonds. The first-order valence-corrected chi connectivity index (χ1v) is 11.2. The molecule has 0 saturated carbocycles. The highest BCUT2D eigenvalue weighted by Gasteiger charge is 2.43. The summed E-state index contributed by atoms with van der Waals surface area (Å²) >= 11 is 6.11. The van der Waals surface area contributed by atoms with Crippen LogP contribution in [0.1, 0.15) is 37.8 Å². The van der Waals surface area contributed by atoms with Gasteiger partial charge in [0, 0.05) is 18.1 Å². The van der Waals surface area contributed by atoms with E-state index in [1.165, 1.54) is 4.90 Å². The second-order valence-corrected chi connectivity index (χ2v) is 8.66. The molecule has 0 radical (unpaired) electrons. The lowest BCUT2D eigenvalue weighted by molar-refractivity contribution is -0.120. The van der Waals surface area contributed by atoms with E-state index in [-0.39, 0.29) is 11.8 Å². The molecule has 2 heterocycles. The van der Waals surface area contributed by atoms with E-state index in [9.17, 15) is 9.59 Å². The molecule has 0 spiro atoms. The third-order valence-corrected chi connectivity index (χ3v) is 6.25. The van der Waals surface area contributed by atoms with Gasteiger partial charge >= 0.3 is 0 Å². The standard InChI is InChI=1S/C25H27ClN2O3/c1-4-31-20-8-5-18(6-9-20)22-23(27-13-11-16(2)12-14-27)25(30)28(24(22)29)21-10-7-19(26)15-17(21)3/h5-10,15-16H,4,11-14H2,1-3H3. The molecule has 2 aliphatic rings. The van der Waals surface area contributed by atoms with E-state index in [1.54, 1.807) is 18.2 Å². The van der Waals surface area contributed by atoms with Crippen LogP contribution in [0.15, 0.2) is 48.2 Å². The number of piperidine rings is 1. The lowest BCUT2D eigenvalue weighted by atomic mass is 9.97. The highest BCUT2D eigenvalue weighted by atomic mass is 35.5. The zero-order valence-corrected chi connectivity index (χ0v) is 18.9. The molecule has 2 aromatic rings. The lowest BCUT2D eigenvalue weighted by Crippen LogP contribution is -2.38. The molecule has 0 unspecified atom stereocenters. The minimum absolute atomic E-state index is 0.270. The van der Waals surface area contributed by atoms with Gasteiger partial charge in [-0.3, -0.25) is 9.59 Å². The zero-order chi connectivity index (χ0) is 22.1. The van der Waals surface area contributed by atoms with Gasteiger partial charge in [0.15, 0.2) is 0 Å². The van der Waals surface area contributed by atoms with Crippen molar-refractivity contribution in [3.63, 3.8) is 0 Å². The number of aryl methyl sites for hydroxylation is 1. The van der Waals surface area contributed by atoms with E-state index in [0.29, 0.717) is 34.5 Å². The SMILES string of the molecule is CCOc1ccc(C2=C(N3CCC(C)CC3)C(=O)N(c3ccc(Cl)cc3C)C2=O)cc1. The van der Waals surface area contributed by atoms with Crippen LogP contribution in [0.5, 0.6) is 5.75 Å². The highest BCUT2D eigenvalue weighted by Crippen LogP contribution is 2.38. The Balaban J connectivity index is 1.79. The van der Waals surface area contributed by atoms with Crippen molar-refractivity contribution in [2.75, 3.05) is 24.6 Å². The average Bonchev–Trinajstić information content (AvgIpc) is 3.00. The Morgan fingerprint density at radius 1 is 1.03 bits per heavy atom. The van der Waals surface area contributed by atoms with Crippen molar-refractivity contribution in [1.82, 2.24) is 4.90 Å². The number of hydrogen-bond acceptors (Lipinski definition) is 4. The fourth-order valence-corrected chi connectivity index (χ4v) is 4.50. The van der Waals surface area contributed by atoms with Crippen molar-refractivity contribution in [1.29, 1.82) is 0 Å². The number of anilines is 1. The third kappa shape index (κ3) is 4.07. The summed E-state index contributed by atoms with van der Waals surface area (Å²) in [6, 6.07) is 12.6. The average molecular weight is 439 g/mol. The van der Waals surface area contributed by atoms with E-state index in [0.717, 1.165) is 42.8 Å². The fraction of sp³-hybridized carbons (Fsp3) is 0.360. The van der Waals surface area contributed by atoms with E-state index < -0.39 is 0 Å². The molecule has 162 valence electrons. The van der Waals surface area contributed by atoms with E-state index in [2.05, 4.69) is 11.8 Å². The first kappa shape index (κ1) is 21.4. The third-order valence-electron chi connectivity index (χ3n) is 6.01. The van der Waals surface area contributed by atoms with Crippen molar-refractivity contribution >= 4 is 34.7 Å². The van der Waals surface area contributed by atoms with Crippen LogP contribution in [0.4, 0.5) is 5.69 Å². The van der Waals surface area contributed by atoms with Crippen LogP contribution in [0.3, 0.4) is 0 Å². The van der Waals surface area contributed by atoms with Crippen LogP contribution in [0.25, 0.3) is 5.57 Å². The summed E-state index contributed by atoms with van der Waals surface area (Å²) in [5.74, 6) is 0.789.